The van der Waals surface area contributed by atoms with Gasteiger partial charge in [0.2, 0.25) is 10.0 Å². The maximum atomic E-state index is 11.9. The molecule has 0 unspecified atom stereocenters. The van der Waals surface area contributed by atoms with Crippen LogP contribution < -0.4 is 5.14 Å². The summed E-state index contributed by atoms with van der Waals surface area (Å²) in [5, 5.41) is 4.95. The molecule has 0 aromatic carbocycles. The van der Waals surface area contributed by atoms with Crippen LogP contribution >= 0.6 is 0 Å². The molecule has 1 amide bonds. The van der Waals surface area contributed by atoms with Gasteiger partial charge in [-0.3, -0.25) is 4.79 Å². The number of nitrogens with two attached hydrogens (primary N) is 1. The summed E-state index contributed by atoms with van der Waals surface area (Å²) >= 11 is 0. The second-order valence-corrected chi connectivity index (χ2v) is 5.28. The van der Waals surface area contributed by atoms with E-state index in [0.717, 1.165) is 0 Å². The van der Waals surface area contributed by atoms with Gasteiger partial charge in [0.25, 0.3) is 5.91 Å². The van der Waals surface area contributed by atoms with Crippen LogP contribution in [0.2, 0.25) is 0 Å². The Balaban J connectivity index is 2.70. The van der Waals surface area contributed by atoms with E-state index in [1.165, 1.54) is 17.2 Å². The molecule has 1 aromatic heterocycles. The molecule has 0 radical (unpaired) electrons. The lowest BCUT2D eigenvalue weighted by molar-refractivity contribution is 0.0705. The summed E-state index contributed by atoms with van der Waals surface area (Å²) in [7, 11) is -2.18. The Labute approximate surface area is 106 Å². The molecule has 18 heavy (non-hydrogen) atoms. The molecule has 0 aliphatic rings. The van der Waals surface area contributed by atoms with Crippen molar-refractivity contribution in [2.45, 2.75) is 11.8 Å². The predicted octanol–water partition coefficient (Wildman–Crippen LogP) is -0.229. The Morgan fingerprint density at radius 2 is 2.22 bits per heavy atom. The van der Waals surface area contributed by atoms with Crippen molar-refractivity contribution in [1.82, 2.24) is 9.88 Å². The fourth-order valence-corrected chi connectivity index (χ4v) is 1.82. The van der Waals surface area contributed by atoms with E-state index in [1.807, 2.05) is 6.92 Å². The number of hydrogen-bond donors (Lipinski definition) is 2. The number of H-pyrrole nitrogens is 1. The van der Waals surface area contributed by atoms with Crippen molar-refractivity contribution in [2.75, 3.05) is 26.8 Å². The van der Waals surface area contributed by atoms with Crippen LogP contribution in [0.1, 0.15) is 17.4 Å². The summed E-state index contributed by atoms with van der Waals surface area (Å²) in [5.41, 5.74) is 0.179. The van der Waals surface area contributed by atoms with Crippen LogP contribution in [0.5, 0.6) is 0 Å². The van der Waals surface area contributed by atoms with Gasteiger partial charge in [-0.2, -0.15) is 0 Å². The van der Waals surface area contributed by atoms with Crippen molar-refractivity contribution >= 4 is 15.9 Å². The molecule has 1 aromatic rings. The Hall–Kier alpha value is -1.38. The van der Waals surface area contributed by atoms with E-state index in [2.05, 4.69) is 4.98 Å². The summed E-state index contributed by atoms with van der Waals surface area (Å²) in [4.78, 5) is 15.8. The van der Waals surface area contributed by atoms with E-state index in [-0.39, 0.29) is 16.5 Å². The minimum atomic E-state index is -3.79. The second kappa shape index (κ2) is 5.98. The van der Waals surface area contributed by atoms with Crippen LogP contribution in [-0.4, -0.2) is 51.0 Å². The SMILES string of the molecule is CCOCCN(C)C(=O)c1cc(S(N)(=O)=O)c[nH]1. The first-order valence-electron chi connectivity index (χ1n) is 5.40. The molecule has 0 spiro atoms. The van der Waals surface area contributed by atoms with Gasteiger partial charge in [0.15, 0.2) is 0 Å². The third-order valence-corrected chi connectivity index (χ3v) is 3.23. The third-order valence-electron chi connectivity index (χ3n) is 2.34. The monoisotopic (exact) mass is 275 g/mol. The lowest BCUT2D eigenvalue weighted by Gasteiger charge is -2.15. The average Bonchev–Trinajstić information content (AvgIpc) is 2.77. The number of carbonyl (C=O) groups excluding carboxylic acids is 1. The van der Waals surface area contributed by atoms with Crippen LogP contribution in [0.4, 0.5) is 0 Å². The van der Waals surface area contributed by atoms with Gasteiger partial charge in [-0.05, 0) is 13.0 Å². The highest BCUT2D eigenvalue weighted by molar-refractivity contribution is 7.89. The fraction of sp³-hybridized carbons (Fsp3) is 0.500. The standard InChI is InChI=1S/C10H17N3O4S/c1-3-17-5-4-13(2)10(14)9-6-8(7-12-9)18(11,15)16/h6-7,12H,3-5H2,1-2H3,(H2,11,15,16). The minimum absolute atomic E-state index is 0.107. The largest absolute Gasteiger partial charge is 0.380 e. The van der Waals surface area contributed by atoms with E-state index in [4.69, 9.17) is 9.88 Å². The number of aromatic nitrogens is 1. The fourth-order valence-electron chi connectivity index (χ4n) is 1.32. The highest BCUT2D eigenvalue weighted by atomic mass is 32.2. The minimum Gasteiger partial charge on any atom is -0.380 e. The maximum Gasteiger partial charge on any atom is 0.270 e. The molecule has 0 aliphatic heterocycles. The molecule has 0 saturated heterocycles. The molecule has 7 nitrogen and oxygen atoms in total. The first-order valence-corrected chi connectivity index (χ1v) is 6.95. The molecular formula is C10H17N3O4S. The zero-order valence-corrected chi connectivity index (χ0v) is 11.2. The predicted molar refractivity (Wildman–Crippen MR) is 65.6 cm³/mol. The Morgan fingerprint density at radius 3 is 2.72 bits per heavy atom. The lowest BCUT2D eigenvalue weighted by atomic mass is 10.4. The number of primary sulfonamides is 1. The van der Waals surface area contributed by atoms with Gasteiger partial charge in [0.1, 0.15) is 5.69 Å². The summed E-state index contributed by atoms with van der Waals surface area (Å²) in [6, 6.07) is 1.22. The van der Waals surface area contributed by atoms with Crippen molar-refractivity contribution in [3.8, 4) is 0 Å². The molecular weight excluding hydrogens is 258 g/mol. The lowest BCUT2D eigenvalue weighted by Crippen LogP contribution is -2.30. The highest BCUT2D eigenvalue weighted by Gasteiger charge is 2.17. The summed E-state index contributed by atoms with van der Waals surface area (Å²) < 4.78 is 27.3. The van der Waals surface area contributed by atoms with E-state index >= 15 is 0 Å². The Bertz CT molecular complexity index is 509. The molecule has 0 saturated carbocycles. The number of hydrogen-bond acceptors (Lipinski definition) is 4. The Kier molecular flexibility index (Phi) is 4.88. The number of rotatable bonds is 6. The number of aromatic amines is 1. The van der Waals surface area contributed by atoms with E-state index in [1.54, 1.807) is 7.05 Å². The van der Waals surface area contributed by atoms with Crippen LogP contribution in [-0.2, 0) is 14.8 Å². The van der Waals surface area contributed by atoms with Crippen LogP contribution in [0, 0.1) is 0 Å². The number of likely N-dealkylation sites (N-methyl/N-ethyl adjacent to an activating group) is 1. The van der Waals surface area contributed by atoms with Gasteiger partial charge < -0.3 is 14.6 Å². The van der Waals surface area contributed by atoms with E-state index in [0.29, 0.717) is 19.8 Å². The van der Waals surface area contributed by atoms with Crippen LogP contribution in [0.15, 0.2) is 17.2 Å². The first-order chi connectivity index (χ1) is 8.36. The van der Waals surface area contributed by atoms with Crippen LogP contribution in [0.25, 0.3) is 0 Å². The zero-order chi connectivity index (χ0) is 13.8. The van der Waals surface area contributed by atoms with E-state index < -0.39 is 10.0 Å². The van der Waals surface area contributed by atoms with Crippen molar-refractivity contribution < 1.29 is 17.9 Å². The molecule has 3 N–H and O–H groups in total. The normalized spacial score (nSPS) is 11.5. The quantitative estimate of drug-likeness (QED) is 0.699. The van der Waals surface area contributed by atoms with Crippen molar-refractivity contribution in [1.29, 1.82) is 0 Å². The van der Waals surface area contributed by atoms with Gasteiger partial charge in [0.05, 0.1) is 11.5 Å². The number of amides is 1. The third kappa shape index (κ3) is 3.83. The number of nitrogens with zero attached hydrogens (tertiary/aromatic N) is 1. The molecule has 0 bridgehead atoms. The number of ether oxygens (including phenoxy) is 1. The topological polar surface area (TPSA) is 105 Å². The highest BCUT2D eigenvalue weighted by Crippen LogP contribution is 2.10. The molecule has 102 valence electrons. The number of carbonyl (C=O) groups is 1. The van der Waals surface area contributed by atoms with E-state index in [9.17, 15) is 13.2 Å². The van der Waals surface area contributed by atoms with Gasteiger partial charge in [-0.25, -0.2) is 13.6 Å². The number of nitrogens with one attached hydrogen (secondary N) is 1. The molecule has 8 heteroatoms. The van der Waals surface area contributed by atoms with Gasteiger partial charge in [-0.15, -0.1) is 0 Å². The van der Waals surface area contributed by atoms with Crippen molar-refractivity contribution in [2.24, 2.45) is 5.14 Å². The summed E-state index contributed by atoms with van der Waals surface area (Å²) in [6.45, 7) is 3.31. The van der Waals surface area contributed by atoms with Crippen molar-refractivity contribution in [3.05, 3.63) is 18.0 Å². The molecule has 1 heterocycles. The Morgan fingerprint density at radius 1 is 1.56 bits per heavy atom. The first kappa shape index (κ1) is 14.7. The molecule has 0 atom stereocenters. The van der Waals surface area contributed by atoms with Gasteiger partial charge in [0, 0.05) is 26.4 Å². The maximum absolute atomic E-state index is 11.9. The summed E-state index contributed by atoms with van der Waals surface area (Å²) in [5.74, 6) is -0.315. The number of sulfonamides is 1. The van der Waals surface area contributed by atoms with Crippen LogP contribution in [0.3, 0.4) is 0 Å². The second-order valence-electron chi connectivity index (χ2n) is 3.72. The van der Waals surface area contributed by atoms with Gasteiger partial charge in [-0.1, -0.05) is 0 Å². The van der Waals surface area contributed by atoms with Crippen molar-refractivity contribution in [3.63, 3.8) is 0 Å². The smallest absolute Gasteiger partial charge is 0.270 e. The summed E-state index contributed by atoms with van der Waals surface area (Å²) in [6.07, 6.45) is 1.19. The average molecular weight is 275 g/mol. The molecule has 0 aliphatic carbocycles. The van der Waals surface area contributed by atoms with Gasteiger partial charge >= 0.3 is 0 Å². The zero-order valence-electron chi connectivity index (χ0n) is 10.3. The molecule has 0 fully saturated rings. The molecule has 1 rings (SSSR count).